The highest BCUT2D eigenvalue weighted by Crippen LogP contribution is 2.32. The first-order chi connectivity index (χ1) is 16.2. The monoisotopic (exact) mass is 470 g/mol. The lowest BCUT2D eigenvalue weighted by Gasteiger charge is -2.25. The molecule has 0 unspecified atom stereocenters. The van der Waals surface area contributed by atoms with Crippen molar-refractivity contribution in [2.45, 2.75) is 19.9 Å². The van der Waals surface area contributed by atoms with Crippen LogP contribution in [-0.4, -0.2) is 41.9 Å². The molecular formula is C23H18F4N6O. The Balaban J connectivity index is 1.42. The summed E-state index contributed by atoms with van der Waals surface area (Å²) in [5, 5.41) is 8.70. The number of carbonyl (C=O) groups excluding carboxylic acids is 1. The molecule has 2 aromatic heterocycles. The van der Waals surface area contributed by atoms with Crippen LogP contribution in [0.25, 0.3) is 16.9 Å². The van der Waals surface area contributed by atoms with Crippen LogP contribution in [0.3, 0.4) is 0 Å². The van der Waals surface area contributed by atoms with Crippen molar-refractivity contribution in [3.05, 3.63) is 82.6 Å². The van der Waals surface area contributed by atoms with Crippen LogP contribution in [0.15, 0.2) is 36.4 Å². The molecule has 1 aliphatic heterocycles. The molecule has 7 nitrogen and oxygen atoms in total. The lowest BCUT2D eigenvalue weighted by molar-refractivity contribution is 0.0720. The van der Waals surface area contributed by atoms with Gasteiger partial charge in [0.25, 0.3) is 5.91 Å². The number of carbonyl (C=O) groups is 1. The first-order valence-electron chi connectivity index (χ1n) is 10.4. The SMILES string of the molecule is Cc1nc(C(=O)N2CCc3c(nn(C)c3-c3cc(F)c(F)c(F)c3)C2)nn1-c1ccc(F)cc1. The minimum absolute atomic E-state index is 0.0101. The molecule has 174 valence electrons. The zero-order valence-corrected chi connectivity index (χ0v) is 18.2. The van der Waals surface area contributed by atoms with E-state index in [0.717, 1.165) is 17.7 Å². The van der Waals surface area contributed by atoms with E-state index in [1.807, 2.05) is 0 Å². The Labute approximate surface area is 191 Å². The molecule has 2 aromatic carbocycles. The quantitative estimate of drug-likeness (QED) is 0.338. The highest BCUT2D eigenvalue weighted by molar-refractivity contribution is 5.90. The van der Waals surface area contributed by atoms with Crippen molar-refractivity contribution in [3.8, 4) is 16.9 Å². The van der Waals surface area contributed by atoms with Crippen LogP contribution in [0, 0.1) is 30.2 Å². The molecular weight excluding hydrogens is 452 g/mol. The number of rotatable bonds is 3. The number of hydrogen-bond donors (Lipinski definition) is 0. The minimum Gasteiger partial charge on any atom is -0.330 e. The van der Waals surface area contributed by atoms with E-state index in [2.05, 4.69) is 15.2 Å². The first kappa shape index (κ1) is 21.8. The fourth-order valence-corrected chi connectivity index (χ4v) is 4.20. The Morgan fingerprint density at radius 2 is 1.68 bits per heavy atom. The van der Waals surface area contributed by atoms with Gasteiger partial charge in [-0.25, -0.2) is 27.2 Å². The van der Waals surface area contributed by atoms with E-state index < -0.39 is 23.4 Å². The lowest BCUT2D eigenvalue weighted by atomic mass is 9.99. The zero-order valence-electron chi connectivity index (χ0n) is 18.2. The van der Waals surface area contributed by atoms with Gasteiger partial charge in [-0.2, -0.15) is 5.10 Å². The summed E-state index contributed by atoms with van der Waals surface area (Å²) in [5.41, 5.74) is 2.51. The highest BCUT2D eigenvalue weighted by Gasteiger charge is 2.30. The van der Waals surface area contributed by atoms with Crippen LogP contribution in [0.5, 0.6) is 0 Å². The van der Waals surface area contributed by atoms with Gasteiger partial charge < -0.3 is 4.90 Å². The summed E-state index contributed by atoms with van der Waals surface area (Å²) in [6.07, 6.45) is 0.377. The van der Waals surface area contributed by atoms with Gasteiger partial charge in [0.15, 0.2) is 17.5 Å². The van der Waals surface area contributed by atoms with Gasteiger partial charge in [-0.3, -0.25) is 9.48 Å². The summed E-state index contributed by atoms with van der Waals surface area (Å²) < 4.78 is 57.1. The average molecular weight is 470 g/mol. The molecule has 4 aromatic rings. The topological polar surface area (TPSA) is 68.8 Å². The standard InChI is InChI=1S/C23H18F4N6O/c1-12-28-22(30-33(12)15-5-3-14(24)4-6-15)23(34)32-8-7-16-19(11-32)29-31(2)21(16)13-9-17(25)20(27)18(26)10-13/h3-6,9-10H,7-8,11H2,1-2H3. The van der Waals surface area contributed by atoms with Gasteiger partial charge in [0.1, 0.15) is 11.6 Å². The molecule has 0 atom stereocenters. The van der Waals surface area contributed by atoms with Crippen molar-refractivity contribution < 1.29 is 22.4 Å². The second kappa shape index (κ2) is 8.08. The Morgan fingerprint density at radius 3 is 2.35 bits per heavy atom. The summed E-state index contributed by atoms with van der Waals surface area (Å²) in [7, 11) is 1.62. The maximum Gasteiger partial charge on any atom is 0.293 e. The van der Waals surface area contributed by atoms with Crippen LogP contribution in [0.1, 0.15) is 27.7 Å². The largest absolute Gasteiger partial charge is 0.330 e. The van der Waals surface area contributed by atoms with E-state index in [4.69, 9.17) is 0 Å². The van der Waals surface area contributed by atoms with E-state index in [1.54, 1.807) is 14.0 Å². The van der Waals surface area contributed by atoms with Crippen LogP contribution in [0.2, 0.25) is 0 Å². The third kappa shape index (κ3) is 3.62. The number of nitrogens with zero attached hydrogens (tertiary/aromatic N) is 6. The summed E-state index contributed by atoms with van der Waals surface area (Å²) in [6.45, 7) is 2.15. The van der Waals surface area contributed by atoms with E-state index in [1.165, 1.54) is 38.5 Å². The molecule has 0 saturated heterocycles. The zero-order chi connectivity index (χ0) is 24.1. The van der Waals surface area contributed by atoms with Crippen LogP contribution in [-0.2, 0) is 20.0 Å². The lowest BCUT2D eigenvalue weighted by Crippen LogP contribution is -2.36. The third-order valence-corrected chi connectivity index (χ3v) is 5.78. The Morgan fingerprint density at radius 1 is 1.00 bits per heavy atom. The summed E-state index contributed by atoms with van der Waals surface area (Å²) in [6, 6.07) is 7.53. The fraction of sp³-hybridized carbons (Fsp3) is 0.217. The average Bonchev–Trinajstić information content (AvgIpc) is 3.35. The number of amides is 1. The maximum atomic E-state index is 13.8. The Bertz CT molecular complexity index is 1400. The van der Waals surface area contributed by atoms with Crippen LogP contribution < -0.4 is 0 Å². The van der Waals surface area contributed by atoms with Gasteiger partial charge in [-0.05, 0) is 49.7 Å². The molecule has 0 bridgehead atoms. The van der Waals surface area contributed by atoms with Crippen molar-refractivity contribution >= 4 is 5.91 Å². The number of aryl methyl sites for hydroxylation is 2. The number of hydrogen-bond acceptors (Lipinski definition) is 4. The van der Waals surface area contributed by atoms with E-state index in [9.17, 15) is 22.4 Å². The van der Waals surface area contributed by atoms with E-state index >= 15 is 0 Å². The molecule has 1 aliphatic rings. The normalized spacial score (nSPS) is 13.3. The van der Waals surface area contributed by atoms with E-state index in [0.29, 0.717) is 35.9 Å². The number of halogens is 4. The van der Waals surface area contributed by atoms with Gasteiger partial charge in [0.2, 0.25) is 5.82 Å². The first-order valence-corrected chi connectivity index (χ1v) is 10.4. The van der Waals surface area contributed by atoms with Crippen molar-refractivity contribution in [3.63, 3.8) is 0 Å². The van der Waals surface area contributed by atoms with Crippen LogP contribution >= 0.6 is 0 Å². The van der Waals surface area contributed by atoms with Crippen molar-refractivity contribution in [1.29, 1.82) is 0 Å². The van der Waals surface area contributed by atoms with Gasteiger partial charge >= 0.3 is 0 Å². The van der Waals surface area contributed by atoms with Crippen molar-refractivity contribution in [1.82, 2.24) is 29.4 Å². The molecule has 0 N–H and O–H groups in total. The molecule has 1 amide bonds. The molecule has 3 heterocycles. The molecule has 0 saturated carbocycles. The molecule has 0 fully saturated rings. The fourth-order valence-electron chi connectivity index (χ4n) is 4.20. The number of benzene rings is 2. The van der Waals surface area contributed by atoms with Gasteiger partial charge in [0, 0.05) is 24.7 Å². The smallest absolute Gasteiger partial charge is 0.293 e. The van der Waals surface area contributed by atoms with Crippen LogP contribution in [0.4, 0.5) is 17.6 Å². The molecule has 0 radical (unpaired) electrons. The predicted molar refractivity (Wildman–Crippen MR) is 113 cm³/mol. The molecule has 34 heavy (non-hydrogen) atoms. The van der Waals surface area contributed by atoms with Gasteiger partial charge in [-0.15, -0.1) is 5.10 Å². The van der Waals surface area contributed by atoms with Crippen molar-refractivity contribution in [2.24, 2.45) is 7.05 Å². The maximum absolute atomic E-state index is 13.8. The number of aromatic nitrogens is 5. The summed E-state index contributed by atoms with van der Waals surface area (Å²) in [5.74, 6) is -4.42. The second-order valence-electron chi connectivity index (χ2n) is 8.00. The highest BCUT2D eigenvalue weighted by atomic mass is 19.2. The second-order valence-corrected chi connectivity index (χ2v) is 8.00. The van der Waals surface area contributed by atoms with Gasteiger partial charge in [-0.1, -0.05) is 0 Å². The summed E-state index contributed by atoms with van der Waals surface area (Å²) in [4.78, 5) is 18.9. The Hall–Kier alpha value is -4.02. The van der Waals surface area contributed by atoms with Crippen molar-refractivity contribution in [2.75, 3.05) is 6.54 Å². The third-order valence-electron chi connectivity index (χ3n) is 5.78. The molecule has 0 aliphatic carbocycles. The predicted octanol–water partition coefficient (Wildman–Crippen LogP) is 3.73. The Kier molecular flexibility index (Phi) is 5.18. The summed E-state index contributed by atoms with van der Waals surface area (Å²) >= 11 is 0. The number of fused-ring (bicyclic) bond motifs is 1. The van der Waals surface area contributed by atoms with Gasteiger partial charge in [0.05, 0.1) is 23.6 Å². The molecule has 11 heteroatoms. The minimum atomic E-state index is -1.53. The molecule has 5 rings (SSSR count). The molecule has 0 spiro atoms. The van der Waals surface area contributed by atoms with E-state index in [-0.39, 0.29) is 23.7 Å².